The Morgan fingerprint density at radius 2 is 2.36 bits per heavy atom. The van der Waals surface area contributed by atoms with E-state index >= 15 is 0 Å². The van der Waals surface area contributed by atoms with E-state index in [1.165, 1.54) is 18.0 Å². The number of carbonyl (C=O) groups is 1. The number of urea groups is 1. The van der Waals surface area contributed by atoms with Gasteiger partial charge in [0, 0.05) is 13.1 Å². The maximum Gasteiger partial charge on any atom is 0.322 e. The van der Waals surface area contributed by atoms with Crippen molar-refractivity contribution in [2.75, 3.05) is 18.4 Å². The van der Waals surface area contributed by atoms with Gasteiger partial charge in [-0.1, -0.05) is 49.2 Å². The standard InChI is InChI=1S/C22H29N3O3/c1-4-6-17(3)28-21-8-5-7-18(12-21)11-19-9-10-25(14-16(19)2)22(26)24-20-13-23-27-15-20/h5,7-8,11-13,15-17H,4,6,9-10,14H2,1-3H3,(H,24,26). The van der Waals surface area contributed by atoms with E-state index in [0.717, 1.165) is 30.6 Å². The second-order valence-corrected chi connectivity index (χ2v) is 7.45. The number of hydrogen-bond donors (Lipinski definition) is 1. The Kier molecular flexibility index (Phi) is 6.74. The van der Waals surface area contributed by atoms with Crippen molar-refractivity contribution in [2.45, 2.75) is 46.1 Å². The molecule has 1 aromatic carbocycles. The van der Waals surface area contributed by atoms with E-state index in [4.69, 9.17) is 9.26 Å². The third-order valence-electron chi connectivity index (χ3n) is 5.01. The highest BCUT2D eigenvalue weighted by atomic mass is 16.5. The quantitative estimate of drug-likeness (QED) is 0.744. The summed E-state index contributed by atoms with van der Waals surface area (Å²) in [6, 6.07) is 8.12. The van der Waals surface area contributed by atoms with Gasteiger partial charge in [0.15, 0.2) is 0 Å². The van der Waals surface area contributed by atoms with Crippen molar-refractivity contribution in [3.63, 3.8) is 0 Å². The average Bonchev–Trinajstić information content (AvgIpc) is 3.17. The van der Waals surface area contributed by atoms with Gasteiger partial charge in [0.05, 0.1) is 12.3 Å². The third-order valence-corrected chi connectivity index (χ3v) is 5.01. The molecule has 1 fully saturated rings. The van der Waals surface area contributed by atoms with Gasteiger partial charge in [-0.2, -0.15) is 0 Å². The molecule has 150 valence electrons. The van der Waals surface area contributed by atoms with E-state index < -0.39 is 0 Å². The summed E-state index contributed by atoms with van der Waals surface area (Å²) in [7, 11) is 0. The van der Waals surface area contributed by atoms with Crippen LogP contribution in [0, 0.1) is 5.92 Å². The predicted molar refractivity (Wildman–Crippen MR) is 110 cm³/mol. The summed E-state index contributed by atoms with van der Waals surface area (Å²) >= 11 is 0. The topological polar surface area (TPSA) is 67.6 Å². The Labute approximate surface area is 166 Å². The van der Waals surface area contributed by atoms with E-state index in [1.54, 1.807) is 0 Å². The number of amides is 2. The lowest BCUT2D eigenvalue weighted by Crippen LogP contribution is -2.42. The fraction of sp³-hybridized carbons (Fsp3) is 0.455. The van der Waals surface area contributed by atoms with Crippen molar-refractivity contribution in [3.05, 3.63) is 47.9 Å². The molecular formula is C22H29N3O3. The van der Waals surface area contributed by atoms with Gasteiger partial charge in [0.1, 0.15) is 17.7 Å². The minimum Gasteiger partial charge on any atom is -0.491 e. The van der Waals surface area contributed by atoms with Crippen LogP contribution in [0.1, 0.15) is 45.6 Å². The molecule has 2 heterocycles. The van der Waals surface area contributed by atoms with E-state index in [0.29, 0.717) is 24.7 Å². The highest BCUT2D eigenvalue weighted by molar-refractivity contribution is 5.89. The number of benzene rings is 1. The predicted octanol–water partition coefficient (Wildman–Crippen LogP) is 5.20. The van der Waals surface area contributed by atoms with Gasteiger partial charge in [0.25, 0.3) is 0 Å². The minimum atomic E-state index is -0.116. The van der Waals surface area contributed by atoms with E-state index in [9.17, 15) is 4.79 Å². The Morgan fingerprint density at radius 3 is 3.07 bits per heavy atom. The van der Waals surface area contributed by atoms with Crippen LogP contribution >= 0.6 is 0 Å². The van der Waals surface area contributed by atoms with Crippen molar-refractivity contribution in [3.8, 4) is 5.75 Å². The molecule has 0 saturated carbocycles. The molecule has 0 bridgehead atoms. The highest BCUT2D eigenvalue weighted by Crippen LogP contribution is 2.27. The number of piperidine rings is 1. The summed E-state index contributed by atoms with van der Waals surface area (Å²) in [4.78, 5) is 14.2. The Hall–Kier alpha value is -2.76. The molecule has 2 atom stereocenters. The monoisotopic (exact) mass is 383 g/mol. The number of carbonyl (C=O) groups excluding carboxylic acids is 1. The van der Waals surface area contributed by atoms with Crippen LogP contribution in [-0.4, -0.2) is 35.3 Å². The van der Waals surface area contributed by atoms with Crippen LogP contribution in [0.2, 0.25) is 0 Å². The Balaban J connectivity index is 1.60. The van der Waals surface area contributed by atoms with Crippen molar-refractivity contribution in [2.24, 2.45) is 5.92 Å². The molecule has 0 radical (unpaired) electrons. The second kappa shape index (κ2) is 9.44. The summed E-state index contributed by atoms with van der Waals surface area (Å²) in [6.45, 7) is 7.82. The van der Waals surface area contributed by atoms with Crippen LogP contribution in [0.25, 0.3) is 6.08 Å². The van der Waals surface area contributed by atoms with E-state index in [-0.39, 0.29) is 12.1 Å². The maximum atomic E-state index is 12.4. The first kappa shape index (κ1) is 20.0. The van der Waals surface area contributed by atoms with Gasteiger partial charge >= 0.3 is 6.03 Å². The normalized spacial score (nSPS) is 19.5. The Bertz CT molecular complexity index is 801. The molecule has 0 spiro atoms. The number of hydrogen-bond acceptors (Lipinski definition) is 4. The SMILES string of the molecule is CCCC(C)Oc1cccc(C=C2CCN(C(=O)Nc3cnoc3)CC2C)c1. The van der Waals surface area contributed by atoms with Crippen molar-refractivity contribution >= 4 is 17.8 Å². The maximum absolute atomic E-state index is 12.4. The third kappa shape index (κ3) is 5.38. The summed E-state index contributed by atoms with van der Waals surface area (Å²) in [5.41, 5.74) is 3.08. The molecule has 2 amide bonds. The average molecular weight is 383 g/mol. The number of aromatic nitrogens is 1. The smallest absolute Gasteiger partial charge is 0.322 e. The molecule has 1 N–H and O–H groups in total. The van der Waals surface area contributed by atoms with Gasteiger partial charge in [-0.05, 0) is 43.4 Å². The van der Waals surface area contributed by atoms with Crippen LogP contribution in [0.3, 0.4) is 0 Å². The molecule has 6 nitrogen and oxygen atoms in total. The lowest BCUT2D eigenvalue weighted by Gasteiger charge is -2.33. The summed E-state index contributed by atoms with van der Waals surface area (Å²) < 4.78 is 10.8. The first-order valence-electron chi connectivity index (χ1n) is 9.97. The molecule has 1 aromatic heterocycles. The zero-order valence-electron chi connectivity index (χ0n) is 16.9. The highest BCUT2D eigenvalue weighted by Gasteiger charge is 2.24. The number of rotatable bonds is 6. The number of nitrogens with zero attached hydrogens (tertiary/aromatic N) is 2. The number of likely N-dealkylation sites (tertiary alicyclic amines) is 1. The number of nitrogens with one attached hydrogen (secondary N) is 1. The first-order chi connectivity index (χ1) is 13.5. The summed E-state index contributed by atoms with van der Waals surface area (Å²) in [6.07, 6.45) is 8.39. The molecule has 1 aliphatic heterocycles. The van der Waals surface area contributed by atoms with Crippen LogP contribution in [0.4, 0.5) is 10.5 Å². The molecular weight excluding hydrogens is 354 g/mol. The van der Waals surface area contributed by atoms with Gasteiger partial charge in [-0.15, -0.1) is 0 Å². The van der Waals surface area contributed by atoms with Crippen molar-refractivity contribution in [1.82, 2.24) is 10.1 Å². The fourth-order valence-corrected chi connectivity index (χ4v) is 3.51. The fourth-order valence-electron chi connectivity index (χ4n) is 3.51. The van der Waals surface area contributed by atoms with Gasteiger partial charge in [-0.3, -0.25) is 0 Å². The lowest BCUT2D eigenvalue weighted by atomic mass is 9.91. The van der Waals surface area contributed by atoms with Crippen LogP contribution in [0.5, 0.6) is 5.75 Å². The number of ether oxygens (including phenoxy) is 1. The van der Waals surface area contributed by atoms with Gasteiger partial charge < -0.3 is 19.5 Å². The lowest BCUT2D eigenvalue weighted by molar-refractivity contribution is 0.198. The second-order valence-electron chi connectivity index (χ2n) is 7.45. The molecule has 0 aliphatic carbocycles. The van der Waals surface area contributed by atoms with Crippen molar-refractivity contribution in [1.29, 1.82) is 0 Å². The Morgan fingerprint density at radius 1 is 1.50 bits per heavy atom. The molecule has 6 heteroatoms. The van der Waals surface area contributed by atoms with Gasteiger partial charge in [0.2, 0.25) is 0 Å². The molecule has 28 heavy (non-hydrogen) atoms. The molecule has 3 rings (SSSR count). The van der Waals surface area contributed by atoms with Gasteiger partial charge in [-0.25, -0.2) is 4.79 Å². The number of anilines is 1. The molecule has 2 unspecified atom stereocenters. The van der Waals surface area contributed by atoms with Crippen LogP contribution in [-0.2, 0) is 0 Å². The van der Waals surface area contributed by atoms with Crippen LogP contribution < -0.4 is 10.1 Å². The summed E-state index contributed by atoms with van der Waals surface area (Å²) in [5, 5.41) is 6.41. The largest absolute Gasteiger partial charge is 0.491 e. The van der Waals surface area contributed by atoms with E-state index in [2.05, 4.69) is 49.5 Å². The molecule has 1 aliphatic rings. The van der Waals surface area contributed by atoms with Crippen molar-refractivity contribution < 1.29 is 14.1 Å². The first-order valence-corrected chi connectivity index (χ1v) is 9.97. The minimum absolute atomic E-state index is 0.116. The summed E-state index contributed by atoms with van der Waals surface area (Å²) in [5.74, 6) is 1.21. The van der Waals surface area contributed by atoms with E-state index in [1.807, 2.05) is 17.0 Å². The zero-order valence-corrected chi connectivity index (χ0v) is 16.9. The zero-order chi connectivity index (χ0) is 19.9. The molecule has 2 aromatic rings. The molecule has 1 saturated heterocycles. The van der Waals surface area contributed by atoms with Crippen LogP contribution in [0.15, 0.2) is 46.8 Å².